The highest BCUT2D eigenvalue weighted by molar-refractivity contribution is 9.10. The molecular weight excluding hydrogens is 306 g/mol. The van der Waals surface area contributed by atoms with Gasteiger partial charge in [0.2, 0.25) is 0 Å². The smallest absolute Gasteiger partial charge is 0.121 e. The van der Waals surface area contributed by atoms with Gasteiger partial charge >= 0.3 is 0 Å². The number of furan rings is 1. The molecule has 0 saturated carbocycles. The van der Waals surface area contributed by atoms with Crippen LogP contribution in [-0.2, 0) is 26.3 Å². The number of hydrogen-bond donors (Lipinski definition) is 1. The van der Waals surface area contributed by atoms with Crippen LogP contribution in [0.3, 0.4) is 0 Å². The van der Waals surface area contributed by atoms with Crippen molar-refractivity contribution in [1.29, 1.82) is 0 Å². The highest BCUT2D eigenvalue weighted by atomic mass is 79.9. The van der Waals surface area contributed by atoms with Gasteiger partial charge in [-0.25, -0.2) is 0 Å². The topological polar surface area (TPSA) is 57.0 Å². The highest BCUT2D eigenvalue weighted by Crippen LogP contribution is 2.26. The van der Waals surface area contributed by atoms with Crippen molar-refractivity contribution in [3.63, 3.8) is 0 Å². The van der Waals surface area contributed by atoms with E-state index in [9.17, 15) is 0 Å². The summed E-state index contributed by atoms with van der Waals surface area (Å²) in [5, 5.41) is 4.48. The Morgan fingerprint density at radius 2 is 2.11 bits per heavy atom. The van der Waals surface area contributed by atoms with E-state index in [1.54, 1.807) is 0 Å². The van der Waals surface area contributed by atoms with Crippen molar-refractivity contribution in [2.24, 2.45) is 12.8 Å². The van der Waals surface area contributed by atoms with Crippen molar-refractivity contribution in [3.8, 4) is 0 Å². The molecular formula is C14H20BrN3O. The van der Waals surface area contributed by atoms with Crippen molar-refractivity contribution in [2.45, 2.75) is 39.2 Å². The number of aryl methyl sites for hydroxylation is 3. The molecule has 2 N–H and O–H groups in total. The summed E-state index contributed by atoms with van der Waals surface area (Å²) in [6, 6.07) is 3.82. The molecule has 0 bridgehead atoms. The first kappa shape index (κ1) is 14.3. The molecule has 2 heterocycles. The molecule has 104 valence electrons. The fraction of sp³-hybridized carbons (Fsp3) is 0.500. The first-order valence-corrected chi connectivity index (χ1v) is 7.40. The Balaban J connectivity index is 2.18. The van der Waals surface area contributed by atoms with Gasteiger partial charge in [-0.1, -0.05) is 13.8 Å². The zero-order valence-electron chi connectivity index (χ0n) is 11.6. The van der Waals surface area contributed by atoms with E-state index in [4.69, 9.17) is 10.2 Å². The van der Waals surface area contributed by atoms with E-state index in [0.717, 1.165) is 40.2 Å². The van der Waals surface area contributed by atoms with Gasteiger partial charge in [0, 0.05) is 19.9 Å². The SMILES string of the molecule is CCc1ccc(C(N)Cc2c(Br)c(CC)nn2C)o1. The summed E-state index contributed by atoms with van der Waals surface area (Å²) in [6.07, 6.45) is 2.51. The highest BCUT2D eigenvalue weighted by Gasteiger charge is 2.18. The van der Waals surface area contributed by atoms with Crippen molar-refractivity contribution >= 4 is 15.9 Å². The van der Waals surface area contributed by atoms with Crippen LogP contribution in [0.2, 0.25) is 0 Å². The Bertz CT molecular complexity index is 559. The van der Waals surface area contributed by atoms with E-state index in [0.29, 0.717) is 6.42 Å². The molecule has 4 nitrogen and oxygen atoms in total. The van der Waals surface area contributed by atoms with E-state index in [-0.39, 0.29) is 6.04 Å². The van der Waals surface area contributed by atoms with Gasteiger partial charge in [0.25, 0.3) is 0 Å². The average molecular weight is 326 g/mol. The summed E-state index contributed by atoms with van der Waals surface area (Å²) in [4.78, 5) is 0. The fourth-order valence-corrected chi connectivity index (χ4v) is 2.91. The number of nitrogens with two attached hydrogens (primary N) is 1. The van der Waals surface area contributed by atoms with Crippen LogP contribution in [-0.4, -0.2) is 9.78 Å². The molecule has 0 fully saturated rings. The lowest BCUT2D eigenvalue weighted by Crippen LogP contribution is -2.15. The van der Waals surface area contributed by atoms with Gasteiger partial charge in [-0.05, 0) is 34.5 Å². The Kier molecular flexibility index (Phi) is 4.47. The van der Waals surface area contributed by atoms with Gasteiger partial charge in [0.1, 0.15) is 11.5 Å². The minimum atomic E-state index is -0.142. The summed E-state index contributed by atoms with van der Waals surface area (Å²) in [5.74, 6) is 1.81. The van der Waals surface area contributed by atoms with Crippen LogP contribution >= 0.6 is 15.9 Å². The third-order valence-corrected chi connectivity index (χ3v) is 4.23. The molecule has 0 aliphatic heterocycles. The Hall–Kier alpha value is -1.07. The normalized spacial score (nSPS) is 12.9. The van der Waals surface area contributed by atoms with Gasteiger partial charge in [0.05, 0.1) is 21.9 Å². The molecule has 1 atom stereocenters. The first-order valence-electron chi connectivity index (χ1n) is 6.61. The molecule has 1 unspecified atom stereocenters. The van der Waals surface area contributed by atoms with Gasteiger partial charge in [-0.15, -0.1) is 0 Å². The van der Waals surface area contributed by atoms with Gasteiger partial charge in [-0.3, -0.25) is 4.68 Å². The quantitative estimate of drug-likeness (QED) is 0.918. The lowest BCUT2D eigenvalue weighted by molar-refractivity contribution is 0.430. The second-order valence-corrected chi connectivity index (χ2v) is 5.45. The summed E-state index contributed by atoms with van der Waals surface area (Å²) in [7, 11) is 1.95. The number of nitrogens with zero attached hydrogens (tertiary/aromatic N) is 2. The third kappa shape index (κ3) is 2.92. The van der Waals surface area contributed by atoms with Crippen LogP contribution in [0.1, 0.15) is 42.8 Å². The van der Waals surface area contributed by atoms with Crippen LogP contribution < -0.4 is 5.73 Å². The first-order chi connectivity index (χ1) is 9.06. The molecule has 2 rings (SSSR count). The summed E-state index contributed by atoms with van der Waals surface area (Å²) in [6.45, 7) is 4.16. The predicted octanol–water partition coefficient (Wildman–Crippen LogP) is 3.14. The van der Waals surface area contributed by atoms with Crippen LogP contribution in [0.5, 0.6) is 0 Å². The predicted molar refractivity (Wildman–Crippen MR) is 79.0 cm³/mol. The van der Waals surface area contributed by atoms with Crippen LogP contribution in [0.25, 0.3) is 0 Å². The van der Waals surface area contributed by atoms with Crippen molar-refractivity contribution in [1.82, 2.24) is 9.78 Å². The number of halogens is 1. The van der Waals surface area contributed by atoms with Crippen molar-refractivity contribution in [2.75, 3.05) is 0 Å². The average Bonchev–Trinajstić information content (AvgIpc) is 2.98. The third-order valence-electron chi connectivity index (χ3n) is 3.31. The second kappa shape index (κ2) is 5.92. The summed E-state index contributed by atoms with van der Waals surface area (Å²) < 4.78 is 8.67. The molecule has 0 aromatic carbocycles. The van der Waals surface area contributed by atoms with E-state index in [1.165, 1.54) is 0 Å². The maximum Gasteiger partial charge on any atom is 0.121 e. The van der Waals surface area contributed by atoms with Gasteiger partial charge < -0.3 is 10.2 Å². The van der Waals surface area contributed by atoms with E-state index in [2.05, 4.69) is 34.9 Å². The van der Waals surface area contributed by atoms with Crippen molar-refractivity contribution in [3.05, 3.63) is 39.5 Å². The second-order valence-electron chi connectivity index (χ2n) is 4.65. The molecule has 0 aliphatic carbocycles. The van der Waals surface area contributed by atoms with Crippen LogP contribution in [0, 0.1) is 0 Å². The minimum absolute atomic E-state index is 0.142. The monoisotopic (exact) mass is 325 g/mol. The zero-order chi connectivity index (χ0) is 14.0. The summed E-state index contributed by atoms with van der Waals surface area (Å²) in [5.41, 5.74) is 8.41. The van der Waals surface area contributed by atoms with E-state index in [1.807, 2.05) is 23.9 Å². The Labute approximate surface area is 122 Å². The largest absolute Gasteiger partial charge is 0.464 e. The molecule has 0 saturated heterocycles. The van der Waals surface area contributed by atoms with E-state index >= 15 is 0 Å². The number of hydrogen-bond acceptors (Lipinski definition) is 3. The van der Waals surface area contributed by atoms with Crippen LogP contribution in [0.15, 0.2) is 21.0 Å². The maximum atomic E-state index is 6.23. The molecule has 2 aromatic heterocycles. The number of rotatable bonds is 5. The molecule has 2 aromatic rings. The van der Waals surface area contributed by atoms with Gasteiger partial charge in [-0.2, -0.15) is 5.10 Å². The van der Waals surface area contributed by atoms with E-state index < -0.39 is 0 Å². The van der Waals surface area contributed by atoms with Crippen molar-refractivity contribution < 1.29 is 4.42 Å². The lowest BCUT2D eigenvalue weighted by Gasteiger charge is -2.09. The lowest BCUT2D eigenvalue weighted by atomic mass is 10.1. The maximum absolute atomic E-state index is 6.23. The molecule has 0 spiro atoms. The standard InChI is InChI=1S/C14H20BrN3O/c1-4-9-6-7-13(19-9)10(16)8-12-14(15)11(5-2)17-18(12)3/h6-7,10H,4-5,8,16H2,1-3H3. The molecule has 5 heteroatoms. The zero-order valence-corrected chi connectivity index (χ0v) is 13.2. The summed E-state index contributed by atoms with van der Waals surface area (Å²) >= 11 is 3.61. The Morgan fingerprint density at radius 3 is 2.63 bits per heavy atom. The minimum Gasteiger partial charge on any atom is -0.464 e. The Morgan fingerprint density at radius 1 is 1.37 bits per heavy atom. The molecule has 19 heavy (non-hydrogen) atoms. The molecule has 0 amide bonds. The number of aromatic nitrogens is 2. The molecule has 0 radical (unpaired) electrons. The van der Waals surface area contributed by atoms with Gasteiger partial charge in [0.15, 0.2) is 0 Å². The molecule has 0 aliphatic rings. The fourth-order valence-electron chi connectivity index (χ4n) is 2.13. The van der Waals surface area contributed by atoms with Crippen LogP contribution in [0.4, 0.5) is 0 Å².